The lowest BCUT2D eigenvalue weighted by Gasteiger charge is -2.32. The molecule has 116 valence electrons. The minimum absolute atomic E-state index is 0.0439. The zero-order chi connectivity index (χ0) is 15.5. The zero-order valence-corrected chi connectivity index (χ0v) is 13.1. The van der Waals surface area contributed by atoms with E-state index in [1.165, 1.54) is 0 Å². The average Bonchev–Trinajstić information content (AvgIpc) is 2.83. The summed E-state index contributed by atoms with van der Waals surface area (Å²) in [6.07, 6.45) is 0.717. The number of hydrogen-bond donors (Lipinski definition) is 1. The molecular weight excluding hydrogens is 266 g/mol. The molecule has 0 bridgehead atoms. The second-order valence-electron chi connectivity index (χ2n) is 6.46. The first-order valence-electron chi connectivity index (χ1n) is 7.53. The second-order valence-corrected chi connectivity index (χ2v) is 6.46. The van der Waals surface area contributed by atoms with Crippen LogP contribution in [-0.2, 0) is 16.1 Å². The third-order valence-corrected chi connectivity index (χ3v) is 3.80. The fourth-order valence-corrected chi connectivity index (χ4v) is 2.77. The van der Waals surface area contributed by atoms with Gasteiger partial charge in [0.05, 0.1) is 17.6 Å². The van der Waals surface area contributed by atoms with Crippen LogP contribution in [0.4, 0.5) is 0 Å². The van der Waals surface area contributed by atoms with E-state index in [9.17, 15) is 9.90 Å². The molecule has 2 unspecified atom stereocenters. The smallest absolute Gasteiger partial charge is 0.228 e. The lowest BCUT2D eigenvalue weighted by atomic mass is 9.99. The van der Waals surface area contributed by atoms with E-state index in [2.05, 4.69) is 0 Å². The van der Waals surface area contributed by atoms with Crippen LogP contribution in [-0.4, -0.2) is 40.8 Å². The van der Waals surface area contributed by atoms with Crippen LogP contribution in [0.15, 0.2) is 30.3 Å². The number of carbonyl (C=O) groups is 1. The van der Waals surface area contributed by atoms with Crippen molar-refractivity contribution >= 4 is 5.91 Å². The summed E-state index contributed by atoms with van der Waals surface area (Å²) in [6, 6.07) is 9.88. The summed E-state index contributed by atoms with van der Waals surface area (Å²) < 4.78 is 5.51. The summed E-state index contributed by atoms with van der Waals surface area (Å²) in [5, 5.41) is 10.1. The number of hydrogen-bond acceptors (Lipinski definition) is 3. The SMILES string of the molecule is CC1OCCC1C(=O)N(Cc1ccccc1)CC(C)(C)O. The molecule has 1 saturated heterocycles. The summed E-state index contributed by atoms with van der Waals surface area (Å²) in [7, 11) is 0. The molecule has 1 amide bonds. The largest absolute Gasteiger partial charge is 0.389 e. The number of carbonyl (C=O) groups excluding carboxylic acids is 1. The third-order valence-electron chi connectivity index (χ3n) is 3.80. The van der Waals surface area contributed by atoms with E-state index in [0.717, 1.165) is 12.0 Å². The molecule has 0 saturated carbocycles. The highest BCUT2D eigenvalue weighted by molar-refractivity contribution is 5.79. The molecule has 2 atom stereocenters. The normalized spacial score (nSPS) is 22.3. The van der Waals surface area contributed by atoms with E-state index >= 15 is 0 Å². The number of amides is 1. The molecular formula is C17H25NO3. The van der Waals surface area contributed by atoms with E-state index in [-0.39, 0.29) is 17.9 Å². The van der Waals surface area contributed by atoms with Crippen LogP contribution >= 0.6 is 0 Å². The van der Waals surface area contributed by atoms with Crippen LogP contribution < -0.4 is 0 Å². The predicted molar refractivity (Wildman–Crippen MR) is 81.7 cm³/mol. The number of nitrogens with zero attached hydrogens (tertiary/aromatic N) is 1. The van der Waals surface area contributed by atoms with Gasteiger partial charge >= 0.3 is 0 Å². The predicted octanol–water partition coefficient (Wildman–Crippen LogP) is 2.21. The van der Waals surface area contributed by atoms with Gasteiger partial charge in [-0.1, -0.05) is 30.3 Å². The van der Waals surface area contributed by atoms with Crippen molar-refractivity contribution in [2.24, 2.45) is 5.92 Å². The van der Waals surface area contributed by atoms with E-state index in [1.54, 1.807) is 18.7 Å². The Morgan fingerprint density at radius 2 is 2.05 bits per heavy atom. The maximum Gasteiger partial charge on any atom is 0.228 e. The van der Waals surface area contributed by atoms with Gasteiger partial charge in [0.1, 0.15) is 0 Å². The molecule has 4 nitrogen and oxygen atoms in total. The van der Waals surface area contributed by atoms with Crippen LogP contribution in [0.5, 0.6) is 0 Å². The maximum atomic E-state index is 12.8. The molecule has 2 rings (SSSR count). The molecule has 1 N–H and O–H groups in total. The molecule has 1 aromatic rings. The first-order chi connectivity index (χ1) is 9.87. The van der Waals surface area contributed by atoms with Crippen molar-refractivity contribution in [2.45, 2.75) is 45.4 Å². The lowest BCUT2D eigenvalue weighted by molar-refractivity contribution is -0.140. The standard InChI is InChI=1S/C17H25NO3/c1-13-15(9-10-21-13)16(19)18(12-17(2,3)20)11-14-7-5-4-6-8-14/h4-8,13,15,20H,9-12H2,1-3H3. The van der Waals surface area contributed by atoms with Crippen molar-refractivity contribution < 1.29 is 14.6 Å². The Morgan fingerprint density at radius 1 is 1.38 bits per heavy atom. The molecule has 0 aromatic heterocycles. The van der Waals surface area contributed by atoms with Crippen molar-refractivity contribution in [3.05, 3.63) is 35.9 Å². The van der Waals surface area contributed by atoms with Gasteiger partial charge in [-0.2, -0.15) is 0 Å². The number of benzene rings is 1. The van der Waals surface area contributed by atoms with Gasteiger partial charge in [0.2, 0.25) is 5.91 Å². The fraction of sp³-hybridized carbons (Fsp3) is 0.588. The van der Waals surface area contributed by atoms with Crippen LogP contribution in [0, 0.1) is 5.92 Å². The summed E-state index contributed by atoms with van der Waals surface area (Å²) in [4.78, 5) is 14.5. The van der Waals surface area contributed by atoms with E-state index in [4.69, 9.17) is 4.74 Å². The van der Waals surface area contributed by atoms with Gasteiger partial charge in [0.15, 0.2) is 0 Å². The molecule has 1 aliphatic heterocycles. The Morgan fingerprint density at radius 3 is 2.57 bits per heavy atom. The summed E-state index contributed by atoms with van der Waals surface area (Å²) in [6.45, 7) is 6.89. The Kier molecular flexibility index (Phi) is 5.01. The molecule has 0 radical (unpaired) electrons. The zero-order valence-electron chi connectivity index (χ0n) is 13.1. The van der Waals surface area contributed by atoms with Crippen LogP contribution in [0.2, 0.25) is 0 Å². The molecule has 21 heavy (non-hydrogen) atoms. The molecule has 0 aliphatic carbocycles. The van der Waals surface area contributed by atoms with E-state index in [0.29, 0.717) is 19.7 Å². The Hall–Kier alpha value is -1.39. The molecule has 4 heteroatoms. The molecule has 0 spiro atoms. The van der Waals surface area contributed by atoms with Crippen molar-refractivity contribution in [1.82, 2.24) is 4.90 Å². The Labute approximate surface area is 126 Å². The molecule has 1 fully saturated rings. The average molecular weight is 291 g/mol. The Balaban J connectivity index is 2.13. The first-order valence-corrected chi connectivity index (χ1v) is 7.53. The number of rotatable bonds is 5. The second kappa shape index (κ2) is 6.58. The van der Waals surface area contributed by atoms with Crippen molar-refractivity contribution in [1.29, 1.82) is 0 Å². The number of ether oxygens (including phenoxy) is 1. The van der Waals surface area contributed by atoms with Gasteiger partial charge in [-0.3, -0.25) is 4.79 Å². The summed E-state index contributed by atoms with van der Waals surface area (Å²) >= 11 is 0. The van der Waals surface area contributed by atoms with Crippen molar-refractivity contribution in [3.8, 4) is 0 Å². The van der Waals surface area contributed by atoms with Crippen molar-refractivity contribution in [2.75, 3.05) is 13.2 Å². The highest BCUT2D eigenvalue weighted by Crippen LogP contribution is 2.24. The van der Waals surface area contributed by atoms with Gasteiger partial charge < -0.3 is 14.7 Å². The maximum absolute atomic E-state index is 12.8. The number of aliphatic hydroxyl groups is 1. The van der Waals surface area contributed by atoms with Gasteiger partial charge in [-0.15, -0.1) is 0 Å². The van der Waals surface area contributed by atoms with Gasteiger partial charge in [0.25, 0.3) is 0 Å². The summed E-state index contributed by atoms with van der Waals surface area (Å²) in [5.41, 5.74) is 0.161. The topological polar surface area (TPSA) is 49.8 Å². The van der Waals surface area contributed by atoms with E-state index in [1.807, 2.05) is 37.3 Å². The van der Waals surface area contributed by atoms with Gasteiger partial charge in [0, 0.05) is 19.7 Å². The van der Waals surface area contributed by atoms with Crippen LogP contribution in [0.25, 0.3) is 0 Å². The van der Waals surface area contributed by atoms with Gasteiger partial charge in [-0.05, 0) is 32.8 Å². The van der Waals surface area contributed by atoms with E-state index < -0.39 is 5.60 Å². The monoisotopic (exact) mass is 291 g/mol. The van der Waals surface area contributed by atoms with Crippen LogP contribution in [0.3, 0.4) is 0 Å². The fourth-order valence-electron chi connectivity index (χ4n) is 2.77. The molecule has 1 heterocycles. The quantitative estimate of drug-likeness (QED) is 0.905. The third kappa shape index (κ3) is 4.55. The van der Waals surface area contributed by atoms with Crippen LogP contribution in [0.1, 0.15) is 32.8 Å². The molecule has 1 aliphatic rings. The lowest BCUT2D eigenvalue weighted by Crippen LogP contribution is -2.45. The minimum atomic E-state index is -0.910. The Bertz CT molecular complexity index is 467. The summed E-state index contributed by atoms with van der Waals surface area (Å²) in [5.74, 6) is -0.0259. The van der Waals surface area contributed by atoms with Crippen molar-refractivity contribution in [3.63, 3.8) is 0 Å². The highest BCUT2D eigenvalue weighted by atomic mass is 16.5. The highest BCUT2D eigenvalue weighted by Gasteiger charge is 2.35. The van der Waals surface area contributed by atoms with Gasteiger partial charge in [-0.25, -0.2) is 0 Å². The minimum Gasteiger partial charge on any atom is -0.389 e. The first kappa shape index (κ1) is 16.0. The molecule has 1 aromatic carbocycles.